The highest BCUT2D eigenvalue weighted by Crippen LogP contribution is 2.13. The molecule has 1 aliphatic rings. The number of nitrogens with one attached hydrogen (secondary N) is 1. The third-order valence-electron chi connectivity index (χ3n) is 1.56. The van der Waals surface area contributed by atoms with Crippen LogP contribution in [0, 0.1) is 17.2 Å². The summed E-state index contributed by atoms with van der Waals surface area (Å²) in [5.74, 6) is -0.119. The summed E-state index contributed by atoms with van der Waals surface area (Å²) in [5, 5.41) is 11.1. The minimum Gasteiger partial charge on any atom is -0.352 e. The van der Waals surface area contributed by atoms with Crippen molar-refractivity contribution in [1.29, 1.82) is 5.26 Å². The highest BCUT2D eigenvalue weighted by molar-refractivity contribution is 5.79. The lowest BCUT2D eigenvalue weighted by Gasteiger charge is -2.02. The van der Waals surface area contributed by atoms with E-state index < -0.39 is 0 Å². The fourth-order valence-corrected chi connectivity index (χ4v) is 0.947. The summed E-state index contributed by atoms with van der Waals surface area (Å²) in [4.78, 5) is 10.6. The number of carbonyl (C=O) groups excluding carboxylic acids is 1. The van der Waals surface area contributed by atoms with Crippen LogP contribution in [0.2, 0.25) is 0 Å². The molecule has 48 valence electrons. The third-order valence-corrected chi connectivity index (χ3v) is 1.56. The van der Waals surface area contributed by atoms with Gasteiger partial charge in [0.05, 0.1) is 12.0 Å². The smallest absolute Gasteiger partial charge is 0.221 e. The molecule has 1 N–H and O–H groups in total. The number of hydrogen-bond donors (Lipinski definition) is 1. The minimum absolute atomic E-state index is 0.00551. The molecule has 2 atom stereocenters. The van der Waals surface area contributed by atoms with Crippen LogP contribution in [-0.2, 0) is 4.79 Å². The lowest BCUT2D eigenvalue weighted by Crippen LogP contribution is -2.24. The van der Waals surface area contributed by atoms with Crippen molar-refractivity contribution in [2.45, 2.75) is 19.4 Å². The molecule has 0 aromatic heterocycles. The number of hydrogen-bond acceptors (Lipinski definition) is 2. The summed E-state index contributed by atoms with van der Waals surface area (Å²) in [6.45, 7) is 1.85. The molecular formula is C6H8N2O. The number of carbonyl (C=O) groups is 1. The van der Waals surface area contributed by atoms with Crippen molar-refractivity contribution in [3.05, 3.63) is 0 Å². The summed E-state index contributed by atoms with van der Waals surface area (Å²) in [6, 6.07) is 2.10. The average molecular weight is 124 g/mol. The van der Waals surface area contributed by atoms with E-state index in [1.165, 1.54) is 0 Å². The highest BCUT2D eigenvalue weighted by Gasteiger charge is 2.28. The second-order valence-corrected chi connectivity index (χ2v) is 2.30. The van der Waals surface area contributed by atoms with Crippen molar-refractivity contribution in [3.63, 3.8) is 0 Å². The largest absolute Gasteiger partial charge is 0.352 e. The number of nitrogens with zero attached hydrogens (tertiary/aromatic N) is 1. The van der Waals surface area contributed by atoms with Gasteiger partial charge in [-0.15, -0.1) is 0 Å². The van der Waals surface area contributed by atoms with E-state index in [-0.39, 0.29) is 17.9 Å². The monoisotopic (exact) mass is 124 g/mol. The Morgan fingerprint density at radius 2 is 2.56 bits per heavy atom. The predicted molar refractivity (Wildman–Crippen MR) is 31.3 cm³/mol. The number of nitriles is 1. The maximum atomic E-state index is 10.6. The van der Waals surface area contributed by atoms with Crippen LogP contribution < -0.4 is 5.32 Å². The van der Waals surface area contributed by atoms with Crippen LogP contribution in [0.4, 0.5) is 0 Å². The van der Waals surface area contributed by atoms with E-state index in [0.717, 1.165) is 0 Å². The molecule has 1 heterocycles. The zero-order valence-electron chi connectivity index (χ0n) is 5.22. The van der Waals surface area contributed by atoms with Gasteiger partial charge in [0.2, 0.25) is 5.91 Å². The van der Waals surface area contributed by atoms with Gasteiger partial charge in [-0.05, 0) is 6.92 Å². The van der Waals surface area contributed by atoms with Gasteiger partial charge >= 0.3 is 0 Å². The lowest BCUT2D eigenvalue weighted by atomic mass is 10.1. The Bertz CT molecular complexity index is 170. The lowest BCUT2D eigenvalue weighted by molar-refractivity contribution is -0.119. The number of rotatable bonds is 0. The molecular weight excluding hydrogens is 116 g/mol. The maximum Gasteiger partial charge on any atom is 0.221 e. The van der Waals surface area contributed by atoms with Crippen LogP contribution >= 0.6 is 0 Å². The van der Waals surface area contributed by atoms with Crippen LogP contribution in [0.3, 0.4) is 0 Å². The molecule has 1 saturated heterocycles. The molecule has 0 aliphatic carbocycles. The second-order valence-electron chi connectivity index (χ2n) is 2.30. The van der Waals surface area contributed by atoms with Crippen LogP contribution in [0.25, 0.3) is 0 Å². The summed E-state index contributed by atoms with van der Waals surface area (Å²) in [6.07, 6.45) is 0.373. The molecule has 3 heteroatoms. The molecule has 0 radical (unpaired) electrons. The van der Waals surface area contributed by atoms with E-state index in [4.69, 9.17) is 5.26 Å². The molecule has 1 rings (SSSR count). The first-order chi connectivity index (χ1) is 4.24. The van der Waals surface area contributed by atoms with Crippen molar-refractivity contribution in [1.82, 2.24) is 5.32 Å². The molecule has 0 aromatic rings. The second kappa shape index (κ2) is 2.06. The van der Waals surface area contributed by atoms with Crippen LogP contribution in [0.5, 0.6) is 0 Å². The predicted octanol–water partition coefficient (Wildman–Crippen LogP) is 0.0346. The van der Waals surface area contributed by atoms with Crippen molar-refractivity contribution in [3.8, 4) is 6.07 Å². The van der Waals surface area contributed by atoms with Crippen molar-refractivity contribution in [2.75, 3.05) is 0 Å². The highest BCUT2D eigenvalue weighted by atomic mass is 16.1. The molecule has 0 spiro atoms. The van der Waals surface area contributed by atoms with Crippen LogP contribution in [0.1, 0.15) is 13.3 Å². The van der Waals surface area contributed by atoms with Crippen molar-refractivity contribution in [2.24, 2.45) is 5.92 Å². The zero-order valence-corrected chi connectivity index (χ0v) is 5.22. The van der Waals surface area contributed by atoms with Gasteiger partial charge in [-0.1, -0.05) is 0 Å². The van der Waals surface area contributed by atoms with Gasteiger partial charge in [-0.3, -0.25) is 4.79 Å². The molecule has 0 bridgehead atoms. The van der Waals surface area contributed by atoms with Gasteiger partial charge in [0, 0.05) is 12.5 Å². The Balaban J connectivity index is 2.60. The molecule has 1 amide bonds. The SMILES string of the molecule is C[C@H]1NC(=O)C[C@H]1C#N. The average Bonchev–Trinajstić information content (AvgIpc) is 2.10. The van der Waals surface area contributed by atoms with Gasteiger partial charge < -0.3 is 5.32 Å². The van der Waals surface area contributed by atoms with E-state index >= 15 is 0 Å². The third kappa shape index (κ3) is 1.02. The maximum absolute atomic E-state index is 10.6. The summed E-state index contributed by atoms with van der Waals surface area (Å²) >= 11 is 0. The summed E-state index contributed by atoms with van der Waals surface area (Å²) in [5.41, 5.74) is 0. The summed E-state index contributed by atoms with van der Waals surface area (Å²) < 4.78 is 0. The topological polar surface area (TPSA) is 52.9 Å². The van der Waals surface area contributed by atoms with Crippen LogP contribution in [-0.4, -0.2) is 11.9 Å². The Morgan fingerprint density at radius 3 is 2.78 bits per heavy atom. The fourth-order valence-electron chi connectivity index (χ4n) is 0.947. The van der Waals surface area contributed by atoms with Gasteiger partial charge in [0.25, 0.3) is 0 Å². The quantitative estimate of drug-likeness (QED) is 0.495. The molecule has 1 fully saturated rings. The molecule has 0 unspecified atom stereocenters. The standard InChI is InChI=1S/C6H8N2O/c1-4-5(3-7)2-6(9)8-4/h4-5H,2H2,1H3,(H,8,9)/t4-,5+/m1/s1. The Morgan fingerprint density at radius 1 is 1.89 bits per heavy atom. The Labute approximate surface area is 53.7 Å². The minimum atomic E-state index is -0.113. The first kappa shape index (κ1) is 6.09. The first-order valence-corrected chi connectivity index (χ1v) is 2.93. The zero-order chi connectivity index (χ0) is 6.85. The van der Waals surface area contributed by atoms with Gasteiger partial charge in [-0.2, -0.15) is 5.26 Å². The van der Waals surface area contributed by atoms with E-state index in [1.54, 1.807) is 0 Å². The molecule has 9 heavy (non-hydrogen) atoms. The molecule has 3 nitrogen and oxygen atoms in total. The molecule has 0 aromatic carbocycles. The van der Waals surface area contributed by atoms with E-state index in [0.29, 0.717) is 6.42 Å². The van der Waals surface area contributed by atoms with Gasteiger partial charge in [-0.25, -0.2) is 0 Å². The van der Waals surface area contributed by atoms with Crippen molar-refractivity contribution < 1.29 is 4.79 Å². The first-order valence-electron chi connectivity index (χ1n) is 2.93. The van der Waals surface area contributed by atoms with Gasteiger partial charge in [0.1, 0.15) is 0 Å². The molecule has 0 saturated carbocycles. The van der Waals surface area contributed by atoms with Crippen molar-refractivity contribution >= 4 is 5.91 Å². The van der Waals surface area contributed by atoms with E-state index in [2.05, 4.69) is 11.4 Å². The summed E-state index contributed by atoms with van der Waals surface area (Å²) in [7, 11) is 0. The normalized spacial score (nSPS) is 33.6. The number of amides is 1. The Kier molecular flexibility index (Phi) is 1.39. The van der Waals surface area contributed by atoms with Gasteiger partial charge in [0.15, 0.2) is 0 Å². The molecule has 1 aliphatic heterocycles. The van der Waals surface area contributed by atoms with Crippen LogP contribution in [0.15, 0.2) is 0 Å². The Hall–Kier alpha value is -1.04. The fraction of sp³-hybridized carbons (Fsp3) is 0.667. The van der Waals surface area contributed by atoms with E-state index in [1.807, 2.05) is 6.92 Å². The van der Waals surface area contributed by atoms with E-state index in [9.17, 15) is 4.79 Å².